The minimum absolute atomic E-state index is 0. The maximum Gasteiger partial charge on any atom is 2.00 e. The van der Waals surface area contributed by atoms with Crippen molar-refractivity contribution in [2.45, 2.75) is 13.0 Å². The van der Waals surface area contributed by atoms with Gasteiger partial charge in [0.2, 0.25) is 0 Å². The minimum Gasteiger partial charge on any atom is -0.293 e. The number of nitrogens with zero attached hydrogens (tertiary/aromatic N) is 2. The average Bonchev–Trinajstić information content (AvgIpc) is 3.20. The number of Topliss-reactive ketones (excluding diaryl/α,β-unsaturated/α-hetero) is 1. The van der Waals surface area contributed by atoms with Gasteiger partial charge in [0.1, 0.15) is 5.71 Å². The molecule has 1 heterocycles. The van der Waals surface area contributed by atoms with E-state index in [4.69, 9.17) is 12.2 Å². The molecule has 2 amide bonds. The number of benzene rings is 4. The van der Waals surface area contributed by atoms with E-state index in [1.807, 2.05) is 78.9 Å². The predicted molar refractivity (Wildman–Crippen MR) is 152 cm³/mol. The number of carbonyl (C=O) groups excluding carboxylic acids is 3. The molecule has 1 N–H and O–H groups in total. The molecule has 8 heteroatoms. The van der Waals surface area contributed by atoms with Gasteiger partial charge < -0.3 is 0 Å². The molecule has 194 valence electrons. The molecule has 6 nitrogen and oxygen atoms in total. The summed E-state index contributed by atoms with van der Waals surface area (Å²) in [5.74, 6) is -1.17. The van der Waals surface area contributed by atoms with Crippen molar-refractivity contribution in [2.24, 2.45) is 5.10 Å². The van der Waals surface area contributed by atoms with Crippen molar-refractivity contribution in [1.82, 2.24) is 4.90 Å². The molecule has 39 heavy (non-hydrogen) atoms. The molecule has 4 aromatic rings. The van der Waals surface area contributed by atoms with Crippen molar-refractivity contribution in [1.29, 1.82) is 0 Å². The first-order valence-corrected chi connectivity index (χ1v) is 12.4. The molecule has 0 bridgehead atoms. The van der Waals surface area contributed by atoms with E-state index in [1.54, 1.807) is 30.3 Å². The number of hydrazone groups is 1. The van der Waals surface area contributed by atoms with Crippen LogP contribution in [0.5, 0.6) is 0 Å². The van der Waals surface area contributed by atoms with E-state index in [-0.39, 0.29) is 44.0 Å². The third-order valence-corrected chi connectivity index (χ3v) is 6.74. The maximum atomic E-state index is 13.9. The number of hydrogen-bond acceptors (Lipinski definition) is 6. The van der Waals surface area contributed by atoms with Gasteiger partial charge in [-0.2, -0.15) is 5.10 Å². The zero-order valence-corrected chi connectivity index (χ0v) is 22.6. The van der Waals surface area contributed by atoms with Gasteiger partial charge in [0.05, 0.1) is 27.7 Å². The Morgan fingerprint density at radius 3 is 1.85 bits per heavy atom. The van der Waals surface area contributed by atoms with Crippen LogP contribution in [0.15, 0.2) is 114 Å². The number of carbonyl (C=O) groups is 3. The second-order valence-electron chi connectivity index (χ2n) is 8.76. The quantitative estimate of drug-likeness (QED) is 0.0712. The van der Waals surface area contributed by atoms with Crippen molar-refractivity contribution >= 4 is 46.1 Å². The summed E-state index contributed by atoms with van der Waals surface area (Å²) in [5, 5.41) is 4.29. The van der Waals surface area contributed by atoms with Gasteiger partial charge in [-0.05, 0) is 28.8 Å². The first-order valence-electron chi connectivity index (χ1n) is 12.0. The molecule has 1 aliphatic rings. The monoisotopic (exact) mass is 575 g/mol. The summed E-state index contributed by atoms with van der Waals surface area (Å²) < 4.78 is 0. The van der Waals surface area contributed by atoms with Crippen LogP contribution in [0.2, 0.25) is 0 Å². The number of fused-ring (bicyclic) bond motifs is 1. The van der Waals surface area contributed by atoms with E-state index < -0.39 is 17.9 Å². The van der Waals surface area contributed by atoms with Crippen LogP contribution in [-0.2, 0) is 21.3 Å². The van der Waals surface area contributed by atoms with Crippen LogP contribution in [-0.4, -0.2) is 33.1 Å². The van der Waals surface area contributed by atoms with E-state index in [1.165, 1.54) is 11.8 Å². The predicted octanol–water partition coefficient (Wildman–Crippen LogP) is 5.84. The van der Waals surface area contributed by atoms with E-state index in [2.05, 4.69) is 10.5 Å². The molecule has 0 fully saturated rings. The van der Waals surface area contributed by atoms with Crippen LogP contribution >= 0.6 is 12.2 Å². The number of rotatable bonds is 8. The molecule has 4 aromatic carbocycles. The molecule has 0 saturated carbocycles. The maximum absolute atomic E-state index is 13.9. The zero-order chi connectivity index (χ0) is 26.6. The summed E-state index contributed by atoms with van der Waals surface area (Å²) in [6.45, 7) is 1.38. The van der Waals surface area contributed by atoms with E-state index in [0.717, 1.165) is 11.1 Å². The molecule has 0 radical (unpaired) electrons. The number of hydrogen-bond donors (Lipinski definition) is 1. The number of ketones is 1. The van der Waals surface area contributed by atoms with Gasteiger partial charge in [0.15, 0.2) is 5.78 Å². The number of imide groups is 1. The molecular weight excluding hydrogens is 553 g/mol. The Kier molecular flexibility index (Phi) is 8.60. The Morgan fingerprint density at radius 1 is 0.769 bits per heavy atom. The molecule has 0 atom stereocenters. The summed E-state index contributed by atoms with van der Waals surface area (Å²) in [6, 6.07) is 32.3. The Hall–Kier alpha value is -4.26. The molecule has 0 unspecified atom stereocenters. The minimum atomic E-state index is -0.611. The molecule has 0 saturated heterocycles. The van der Waals surface area contributed by atoms with E-state index in [0.29, 0.717) is 11.3 Å². The normalized spacial score (nSPS) is 12.7. The molecule has 0 aromatic heterocycles. The van der Waals surface area contributed by atoms with Crippen LogP contribution < -0.4 is 5.43 Å². The number of thiocarbonyl (C=S) groups is 1. The number of amides is 2. The van der Waals surface area contributed by atoms with Crippen molar-refractivity contribution in [2.75, 3.05) is 5.43 Å². The number of anilines is 1. The van der Waals surface area contributed by atoms with Crippen molar-refractivity contribution in [3.05, 3.63) is 137 Å². The van der Waals surface area contributed by atoms with Crippen LogP contribution in [0, 0.1) is 0 Å². The Morgan fingerprint density at radius 2 is 1.31 bits per heavy atom. The van der Waals surface area contributed by atoms with Gasteiger partial charge in [-0.1, -0.05) is 109 Å². The van der Waals surface area contributed by atoms with Crippen LogP contribution in [0.25, 0.3) is 0 Å². The Balaban J connectivity index is 0.00000353. The standard InChI is InChI=1S/C31H23N3O3S.Ni/c1-20(35)27(29(38)23-16-9-4-10-17-23)33-32-25-19-11-18-24-26(25)31(37)34(30(24)36)28(21-12-5-2-6-13-21)22-14-7-3-8-15-22;/h2-19,28,32H,1H3;/q;+2. The van der Waals surface area contributed by atoms with Crippen molar-refractivity contribution < 1.29 is 30.9 Å². The largest absolute Gasteiger partial charge is 2.00 e. The molecule has 0 spiro atoms. The second-order valence-corrected chi connectivity index (χ2v) is 9.16. The average molecular weight is 576 g/mol. The fourth-order valence-electron chi connectivity index (χ4n) is 4.52. The fraction of sp³-hybridized carbons (Fsp3) is 0.0645. The molecule has 5 rings (SSSR count). The summed E-state index contributed by atoms with van der Waals surface area (Å²) in [7, 11) is 0. The summed E-state index contributed by atoms with van der Waals surface area (Å²) >= 11 is 5.52. The first-order chi connectivity index (χ1) is 18.5. The summed E-state index contributed by atoms with van der Waals surface area (Å²) in [5.41, 5.74) is 6.00. The summed E-state index contributed by atoms with van der Waals surface area (Å²) in [6.07, 6.45) is 0. The van der Waals surface area contributed by atoms with Crippen molar-refractivity contribution in [3.8, 4) is 0 Å². The first kappa shape index (κ1) is 27.8. The topological polar surface area (TPSA) is 78.8 Å². The van der Waals surface area contributed by atoms with Gasteiger partial charge in [-0.25, -0.2) is 0 Å². The van der Waals surface area contributed by atoms with Gasteiger partial charge in [0, 0.05) is 6.92 Å². The van der Waals surface area contributed by atoms with Gasteiger partial charge in [-0.15, -0.1) is 0 Å². The Bertz CT molecular complexity index is 1540. The SMILES string of the molecule is CC(=O)C(=NNc1cccc2c1C(=O)N(C(c1ccccc1)c1ccccc1)C2=O)C(=S)c1ccccc1.[Ni+2]. The Labute approximate surface area is 241 Å². The zero-order valence-electron chi connectivity index (χ0n) is 20.8. The van der Waals surface area contributed by atoms with E-state index in [9.17, 15) is 14.4 Å². The smallest absolute Gasteiger partial charge is 0.293 e. The number of nitrogens with one attached hydrogen (secondary N) is 1. The third kappa shape index (κ3) is 5.48. The molecule has 1 aliphatic heterocycles. The van der Waals surface area contributed by atoms with Gasteiger partial charge >= 0.3 is 16.5 Å². The summed E-state index contributed by atoms with van der Waals surface area (Å²) in [4.78, 5) is 41.5. The molecular formula is C31H23N3NiO3S+2. The second kappa shape index (κ2) is 12.1. The fourth-order valence-corrected chi connectivity index (χ4v) is 4.85. The van der Waals surface area contributed by atoms with Crippen LogP contribution in [0.3, 0.4) is 0 Å². The van der Waals surface area contributed by atoms with Gasteiger partial charge in [-0.3, -0.25) is 24.7 Å². The van der Waals surface area contributed by atoms with E-state index >= 15 is 0 Å². The molecule has 0 aliphatic carbocycles. The third-order valence-electron chi connectivity index (χ3n) is 6.31. The van der Waals surface area contributed by atoms with Gasteiger partial charge in [0.25, 0.3) is 11.8 Å². The van der Waals surface area contributed by atoms with Crippen LogP contribution in [0.1, 0.15) is 50.4 Å². The van der Waals surface area contributed by atoms with Crippen LogP contribution in [0.4, 0.5) is 5.69 Å². The van der Waals surface area contributed by atoms with Crippen molar-refractivity contribution in [3.63, 3.8) is 0 Å².